The number of carbonyl (C=O) groups excluding carboxylic acids is 1. The van der Waals surface area contributed by atoms with Gasteiger partial charge in [0.25, 0.3) is 11.6 Å². The lowest BCUT2D eigenvalue weighted by Gasteiger charge is -2.28. The molecule has 0 radical (unpaired) electrons. The summed E-state index contributed by atoms with van der Waals surface area (Å²) in [5.41, 5.74) is -0.185. The van der Waals surface area contributed by atoms with Crippen LogP contribution in [0.2, 0.25) is 0 Å². The van der Waals surface area contributed by atoms with Crippen LogP contribution >= 0.6 is 12.4 Å². The molecular weight excluding hydrogens is 362 g/mol. The van der Waals surface area contributed by atoms with Crippen molar-refractivity contribution < 1.29 is 19.2 Å². The maximum Gasteiger partial charge on any atom is 0.286 e. The molecule has 2 heterocycles. The molecule has 0 spiro atoms. The van der Waals surface area contributed by atoms with Crippen molar-refractivity contribution in [1.82, 2.24) is 10.2 Å². The highest BCUT2D eigenvalue weighted by molar-refractivity contribution is 5.99. The number of hydrogen-bond donors (Lipinski definition) is 1. The van der Waals surface area contributed by atoms with Crippen molar-refractivity contribution in [3.63, 3.8) is 0 Å². The minimum atomic E-state index is -0.535. The monoisotopic (exact) mass is 385 g/mol. The molecule has 1 aromatic carbocycles. The van der Waals surface area contributed by atoms with E-state index in [1.807, 2.05) is 4.90 Å². The van der Waals surface area contributed by atoms with Gasteiger partial charge in [0.05, 0.1) is 24.7 Å². The number of nitrogens with one attached hydrogen (secondary N) is 1. The number of hydrogen-bond acceptors (Lipinski definition) is 6. The Morgan fingerprint density at radius 2 is 2.04 bits per heavy atom. The van der Waals surface area contributed by atoms with Crippen LogP contribution in [-0.4, -0.2) is 54.6 Å². The van der Waals surface area contributed by atoms with Gasteiger partial charge in [0.15, 0.2) is 11.5 Å². The predicted molar refractivity (Wildman–Crippen MR) is 98.5 cm³/mol. The van der Waals surface area contributed by atoms with E-state index in [0.29, 0.717) is 12.4 Å². The van der Waals surface area contributed by atoms with Gasteiger partial charge in [0.2, 0.25) is 0 Å². The van der Waals surface area contributed by atoms with Gasteiger partial charge in [-0.05, 0) is 32.7 Å². The van der Waals surface area contributed by atoms with Crippen molar-refractivity contribution in [3.05, 3.63) is 27.8 Å². The second kappa shape index (κ2) is 8.55. The molecule has 0 aliphatic carbocycles. The Kier molecular flexibility index (Phi) is 6.66. The molecule has 2 aliphatic heterocycles. The fourth-order valence-corrected chi connectivity index (χ4v) is 3.75. The maximum absolute atomic E-state index is 13.2. The number of ether oxygens (including phenoxy) is 2. The molecule has 1 aromatic rings. The molecule has 2 aliphatic rings. The summed E-state index contributed by atoms with van der Waals surface area (Å²) in [6.45, 7) is 3.72. The molecule has 2 unspecified atom stereocenters. The zero-order valence-corrected chi connectivity index (χ0v) is 15.7. The number of nitro benzene ring substituents is 1. The van der Waals surface area contributed by atoms with Crippen LogP contribution < -0.4 is 14.8 Å². The number of benzene rings is 1. The van der Waals surface area contributed by atoms with Gasteiger partial charge in [0, 0.05) is 24.7 Å². The van der Waals surface area contributed by atoms with Crippen molar-refractivity contribution in [2.75, 3.05) is 26.8 Å². The van der Waals surface area contributed by atoms with E-state index in [4.69, 9.17) is 9.47 Å². The Morgan fingerprint density at radius 3 is 2.69 bits per heavy atom. The Bertz CT molecular complexity index is 671. The van der Waals surface area contributed by atoms with E-state index in [9.17, 15) is 14.9 Å². The zero-order chi connectivity index (χ0) is 18.0. The summed E-state index contributed by atoms with van der Waals surface area (Å²) in [5.74, 6) is 0.300. The van der Waals surface area contributed by atoms with Crippen LogP contribution in [0.25, 0.3) is 0 Å². The van der Waals surface area contributed by atoms with Gasteiger partial charge < -0.3 is 19.7 Å². The topological polar surface area (TPSA) is 93.9 Å². The maximum atomic E-state index is 13.2. The second-order valence-electron chi connectivity index (χ2n) is 6.30. The summed E-state index contributed by atoms with van der Waals surface area (Å²) in [4.78, 5) is 26.0. The van der Waals surface area contributed by atoms with E-state index >= 15 is 0 Å². The van der Waals surface area contributed by atoms with Gasteiger partial charge in [-0.1, -0.05) is 0 Å². The van der Waals surface area contributed by atoms with Gasteiger partial charge in [-0.3, -0.25) is 14.9 Å². The molecule has 26 heavy (non-hydrogen) atoms. The number of carbonyl (C=O) groups is 1. The molecule has 2 fully saturated rings. The van der Waals surface area contributed by atoms with Crippen LogP contribution in [0.15, 0.2) is 12.1 Å². The number of fused-ring (bicyclic) bond motifs is 2. The van der Waals surface area contributed by atoms with Gasteiger partial charge in [-0.2, -0.15) is 0 Å². The van der Waals surface area contributed by atoms with Crippen molar-refractivity contribution in [2.45, 2.75) is 38.3 Å². The van der Waals surface area contributed by atoms with E-state index in [1.165, 1.54) is 19.2 Å². The molecule has 3 rings (SSSR count). The summed E-state index contributed by atoms with van der Waals surface area (Å²) in [5, 5.41) is 14.9. The molecule has 8 nitrogen and oxygen atoms in total. The largest absolute Gasteiger partial charge is 0.493 e. The fourth-order valence-electron chi connectivity index (χ4n) is 3.75. The van der Waals surface area contributed by atoms with Crippen molar-refractivity contribution in [1.29, 1.82) is 0 Å². The molecule has 144 valence electrons. The minimum absolute atomic E-state index is 0. The lowest BCUT2D eigenvalue weighted by molar-refractivity contribution is -0.385. The third-order valence-electron chi connectivity index (χ3n) is 4.90. The highest BCUT2D eigenvalue weighted by Gasteiger charge is 2.40. The highest BCUT2D eigenvalue weighted by Crippen LogP contribution is 2.37. The quantitative estimate of drug-likeness (QED) is 0.617. The number of nitrogens with zero attached hydrogens (tertiary/aromatic N) is 2. The number of rotatable bonds is 5. The van der Waals surface area contributed by atoms with Gasteiger partial charge >= 0.3 is 0 Å². The van der Waals surface area contributed by atoms with E-state index in [-0.39, 0.29) is 47.4 Å². The first kappa shape index (κ1) is 20.3. The summed E-state index contributed by atoms with van der Waals surface area (Å²) in [6, 6.07) is 2.93. The summed E-state index contributed by atoms with van der Waals surface area (Å²) in [7, 11) is 1.46. The van der Waals surface area contributed by atoms with E-state index in [0.717, 1.165) is 32.4 Å². The Hall–Kier alpha value is -2.06. The van der Waals surface area contributed by atoms with Crippen LogP contribution in [0.3, 0.4) is 0 Å². The zero-order valence-electron chi connectivity index (χ0n) is 14.9. The molecule has 2 bridgehead atoms. The van der Waals surface area contributed by atoms with Crippen LogP contribution in [0, 0.1) is 10.1 Å². The second-order valence-corrected chi connectivity index (χ2v) is 6.30. The SMILES string of the molecule is CCOc1cc([N+](=O)[O-])c(C(=O)N2C3CCNCC2CC3)cc1OC.Cl. The lowest BCUT2D eigenvalue weighted by atomic mass is 10.1. The third-order valence-corrected chi connectivity index (χ3v) is 4.90. The predicted octanol–water partition coefficient (Wildman–Crippen LogP) is 2.39. The van der Waals surface area contributed by atoms with E-state index in [2.05, 4.69) is 5.32 Å². The molecule has 2 saturated heterocycles. The normalized spacial score (nSPS) is 21.5. The standard InChI is InChI=1S/C17H23N3O5.ClH/c1-3-25-16-9-14(20(22)23)13(8-15(16)24-2)17(21)19-11-4-5-12(19)10-18-7-6-11;/h8-9,11-12,18H,3-7,10H2,1-2H3;1H. The molecule has 0 saturated carbocycles. The summed E-state index contributed by atoms with van der Waals surface area (Å²) < 4.78 is 10.7. The van der Waals surface area contributed by atoms with Gasteiger partial charge in [-0.15, -0.1) is 12.4 Å². The van der Waals surface area contributed by atoms with E-state index < -0.39 is 4.92 Å². The fraction of sp³-hybridized carbons (Fsp3) is 0.588. The number of methoxy groups -OCH3 is 1. The van der Waals surface area contributed by atoms with Gasteiger partial charge in [0.1, 0.15) is 5.56 Å². The smallest absolute Gasteiger partial charge is 0.286 e. The van der Waals surface area contributed by atoms with Crippen molar-refractivity contribution in [2.24, 2.45) is 0 Å². The molecule has 1 N–H and O–H groups in total. The first-order valence-corrected chi connectivity index (χ1v) is 8.59. The number of nitro groups is 1. The number of amides is 1. The average molecular weight is 386 g/mol. The molecule has 1 amide bonds. The Morgan fingerprint density at radius 1 is 1.31 bits per heavy atom. The van der Waals surface area contributed by atoms with Crippen molar-refractivity contribution >= 4 is 24.0 Å². The first-order valence-electron chi connectivity index (χ1n) is 8.59. The first-order chi connectivity index (χ1) is 12.1. The molecule has 9 heteroatoms. The van der Waals surface area contributed by atoms with Gasteiger partial charge in [-0.25, -0.2) is 0 Å². The van der Waals surface area contributed by atoms with Crippen LogP contribution in [0.4, 0.5) is 5.69 Å². The Balaban J connectivity index is 0.00000243. The summed E-state index contributed by atoms with van der Waals surface area (Å²) in [6.07, 6.45) is 2.73. The molecular formula is C17H24ClN3O5. The summed E-state index contributed by atoms with van der Waals surface area (Å²) >= 11 is 0. The highest BCUT2D eigenvalue weighted by atomic mass is 35.5. The lowest BCUT2D eigenvalue weighted by Crippen LogP contribution is -2.42. The average Bonchev–Trinajstić information content (AvgIpc) is 2.86. The Labute approximate surface area is 158 Å². The third kappa shape index (κ3) is 3.71. The molecule has 2 atom stereocenters. The van der Waals surface area contributed by atoms with Crippen molar-refractivity contribution in [3.8, 4) is 11.5 Å². The van der Waals surface area contributed by atoms with E-state index in [1.54, 1.807) is 6.92 Å². The van der Waals surface area contributed by atoms with Crippen LogP contribution in [0.1, 0.15) is 36.5 Å². The molecule has 0 aromatic heterocycles. The van der Waals surface area contributed by atoms with Crippen LogP contribution in [-0.2, 0) is 0 Å². The minimum Gasteiger partial charge on any atom is -0.493 e. The van der Waals surface area contributed by atoms with Crippen LogP contribution in [0.5, 0.6) is 11.5 Å². The number of halogens is 1.